The van der Waals surface area contributed by atoms with Gasteiger partial charge in [-0.2, -0.15) is 0 Å². The molecule has 6 N–H and O–H groups in total. The third kappa shape index (κ3) is 2.51. The molecule has 0 spiro atoms. The van der Waals surface area contributed by atoms with Gasteiger partial charge in [-0.1, -0.05) is 0 Å². The molecule has 0 atom stereocenters. The van der Waals surface area contributed by atoms with Crippen molar-refractivity contribution in [2.45, 2.75) is 0 Å². The van der Waals surface area contributed by atoms with Crippen LogP contribution in [0.3, 0.4) is 0 Å². The molecule has 0 aromatic carbocycles. The molecule has 1 heterocycles. The smallest absolute Gasteiger partial charge is 0.322 e. The summed E-state index contributed by atoms with van der Waals surface area (Å²) >= 11 is 0. The molecular weight excluding hydrogens is 172 g/mol. The number of nitrogens with two attached hydrogens (primary N) is 2. The minimum atomic E-state index is -0.961. The fourth-order valence-corrected chi connectivity index (χ4v) is 0.750. The van der Waals surface area contributed by atoms with Gasteiger partial charge in [-0.25, -0.2) is 4.98 Å². The van der Waals surface area contributed by atoms with Crippen molar-refractivity contribution in [3.8, 4) is 0 Å². The first-order valence-corrected chi connectivity index (χ1v) is 3.57. The lowest BCUT2D eigenvalue weighted by Crippen LogP contribution is -2.13. The molecule has 6 nitrogen and oxygen atoms in total. The predicted molar refractivity (Wildman–Crippen MR) is 49.2 cm³/mol. The number of carboxylic acids is 1. The first kappa shape index (κ1) is 9.11. The molecule has 0 radical (unpaired) electrons. The van der Waals surface area contributed by atoms with E-state index in [0.717, 1.165) is 0 Å². The topological polar surface area (TPSA) is 114 Å². The lowest BCUT2D eigenvalue weighted by Gasteiger charge is -2.04. The van der Waals surface area contributed by atoms with Crippen LogP contribution in [0.5, 0.6) is 0 Å². The average Bonchev–Trinajstić information content (AvgIpc) is 2.07. The second-order valence-electron chi connectivity index (χ2n) is 2.42. The van der Waals surface area contributed by atoms with Gasteiger partial charge in [-0.3, -0.25) is 4.79 Å². The third-order valence-corrected chi connectivity index (χ3v) is 1.38. The summed E-state index contributed by atoms with van der Waals surface area (Å²) in [5.41, 5.74) is 11.2. The first-order chi connectivity index (χ1) is 6.09. The summed E-state index contributed by atoms with van der Waals surface area (Å²) in [6.07, 6.45) is 0. The number of aliphatic carboxylic acids is 1. The zero-order valence-corrected chi connectivity index (χ0v) is 6.82. The number of carboxylic acid groups (broad SMARTS) is 1. The van der Waals surface area contributed by atoms with E-state index >= 15 is 0 Å². The Morgan fingerprint density at radius 2 is 2.23 bits per heavy atom. The van der Waals surface area contributed by atoms with E-state index in [1.807, 2.05) is 0 Å². The quantitative estimate of drug-likeness (QED) is 0.512. The largest absolute Gasteiger partial charge is 0.480 e. The van der Waals surface area contributed by atoms with Crippen LogP contribution in [-0.2, 0) is 4.79 Å². The Balaban J connectivity index is 2.68. The maximum absolute atomic E-state index is 10.2. The van der Waals surface area contributed by atoms with Gasteiger partial charge in [0.05, 0.1) is 5.69 Å². The van der Waals surface area contributed by atoms with E-state index in [4.69, 9.17) is 16.6 Å². The van der Waals surface area contributed by atoms with E-state index in [-0.39, 0.29) is 12.4 Å². The van der Waals surface area contributed by atoms with Gasteiger partial charge < -0.3 is 21.9 Å². The van der Waals surface area contributed by atoms with Gasteiger partial charge in [0, 0.05) is 0 Å². The van der Waals surface area contributed by atoms with Crippen LogP contribution in [0.2, 0.25) is 0 Å². The fourth-order valence-electron chi connectivity index (χ4n) is 0.750. The van der Waals surface area contributed by atoms with Crippen LogP contribution in [0, 0.1) is 0 Å². The van der Waals surface area contributed by atoms with E-state index in [1.165, 1.54) is 0 Å². The molecule has 0 amide bonds. The highest BCUT2D eigenvalue weighted by molar-refractivity contribution is 5.72. The molecule has 0 saturated heterocycles. The molecule has 0 saturated carbocycles. The molecular formula is C7H10N4O2. The van der Waals surface area contributed by atoms with Gasteiger partial charge >= 0.3 is 5.97 Å². The fraction of sp³-hybridized carbons (Fsp3) is 0.143. The molecule has 0 unspecified atom stereocenters. The zero-order valence-electron chi connectivity index (χ0n) is 6.82. The molecule has 1 rings (SSSR count). The van der Waals surface area contributed by atoms with Crippen molar-refractivity contribution in [3.05, 3.63) is 12.1 Å². The van der Waals surface area contributed by atoms with Crippen LogP contribution in [0.4, 0.5) is 17.3 Å². The number of nitrogen functional groups attached to an aromatic ring is 2. The minimum Gasteiger partial charge on any atom is -0.480 e. The Hall–Kier alpha value is -1.98. The lowest BCUT2D eigenvalue weighted by atomic mass is 10.4. The van der Waals surface area contributed by atoms with Crippen molar-refractivity contribution >= 4 is 23.3 Å². The van der Waals surface area contributed by atoms with Crippen LogP contribution >= 0.6 is 0 Å². The van der Waals surface area contributed by atoms with Crippen LogP contribution in [0.25, 0.3) is 0 Å². The highest BCUT2D eigenvalue weighted by Gasteiger charge is 2.00. The monoisotopic (exact) mass is 182 g/mol. The van der Waals surface area contributed by atoms with Crippen molar-refractivity contribution < 1.29 is 9.90 Å². The summed E-state index contributed by atoms with van der Waals surface area (Å²) in [5.74, 6) is -0.373. The summed E-state index contributed by atoms with van der Waals surface area (Å²) < 4.78 is 0. The van der Waals surface area contributed by atoms with E-state index in [2.05, 4.69) is 10.3 Å². The second-order valence-corrected chi connectivity index (χ2v) is 2.42. The Morgan fingerprint density at radius 1 is 1.54 bits per heavy atom. The van der Waals surface area contributed by atoms with Crippen molar-refractivity contribution in [1.82, 2.24) is 4.98 Å². The summed E-state index contributed by atoms with van der Waals surface area (Å²) in [7, 11) is 0. The van der Waals surface area contributed by atoms with Crippen LogP contribution in [0.1, 0.15) is 0 Å². The van der Waals surface area contributed by atoms with Crippen LogP contribution in [0.15, 0.2) is 12.1 Å². The Kier molecular flexibility index (Phi) is 2.53. The molecule has 0 fully saturated rings. The average molecular weight is 182 g/mol. The van der Waals surface area contributed by atoms with Gasteiger partial charge in [0.2, 0.25) is 0 Å². The number of rotatable bonds is 3. The zero-order chi connectivity index (χ0) is 9.84. The Morgan fingerprint density at radius 3 is 2.77 bits per heavy atom. The molecule has 0 aliphatic rings. The van der Waals surface area contributed by atoms with E-state index in [9.17, 15) is 4.79 Å². The van der Waals surface area contributed by atoms with E-state index in [1.54, 1.807) is 12.1 Å². The summed E-state index contributed by atoms with van der Waals surface area (Å²) in [6, 6.07) is 3.13. The maximum Gasteiger partial charge on any atom is 0.322 e. The van der Waals surface area contributed by atoms with Crippen molar-refractivity contribution in [2.24, 2.45) is 0 Å². The van der Waals surface area contributed by atoms with Crippen LogP contribution in [-0.4, -0.2) is 22.6 Å². The molecule has 0 aliphatic carbocycles. The number of hydrogen-bond acceptors (Lipinski definition) is 5. The van der Waals surface area contributed by atoms with Crippen molar-refractivity contribution in [3.63, 3.8) is 0 Å². The number of aromatic nitrogens is 1. The second kappa shape index (κ2) is 3.61. The summed E-state index contributed by atoms with van der Waals surface area (Å²) in [4.78, 5) is 14.0. The number of nitrogens with one attached hydrogen (secondary N) is 1. The molecule has 0 aliphatic heterocycles. The summed E-state index contributed by atoms with van der Waals surface area (Å²) in [6.45, 7) is -0.198. The minimum absolute atomic E-state index is 0.190. The normalized spacial score (nSPS) is 9.54. The highest BCUT2D eigenvalue weighted by atomic mass is 16.4. The van der Waals surface area contributed by atoms with Gasteiger partial charge in [0.15, 0.2) is 0 Å². The van der Waals surface area contributed by atoms with E-state index < -0.39 is 5.97 Å². The number of anilines is 3. The van der Waals surface area contributed by atoms with Crippen molar-refractivity contribution in [1.29, 1.82) is 0 Å². The third-order valence-electron chi connectivity index (χ3n) is 1.38. The highest BCUT2D eigenvalue weighted by Crippen LogP contribution is 2.13. The number of pyridine rings is 1. The lowest BCUT2D eigenvalue weighted by molar-refractivity contribution is -0.134. The SMILES string of the molecule is Nc1ccc(NCC(=O)O)nc1N. The van der Waals surface area contributed by atoms with Gasteiger partial charge in [-0.15, -0.1) is 0 Å². The molecule has 6 heteroatoms. The molecule has 1 aromatic rings. The van der Waals surface area contributed by atoms with Crippen LogP contribution < -0.4 is 16.8 Å². The number of hydrogen-bond donors (Lipinski definition) is 4. The first-order valence-electron chi connectivity index (χ1n) is 3.57. The molecule has 1 aromatic heterocycles. The molecule has 70 valence electrons. The van der Waals surface area contributed by atoms with Gasteiger partial charge in [-0.05, 0) is 12.1 Å². The molecule has 13 heavy (non-hydrogen) atoms. The van der Waals surface area contributed by atoms with Gasteiger partial charge in [0.25, 0.3) is 0 Å². The van der Waals surface area contributed by atoms with E-state index in [0.29, 0.717) is 11.5 Å². The maximum atomic E-state index is 10.2. The Labute approximate surface area is 74.6 Å². The predicted octanol–water partition coefficient (Wildman–Crippen LogP) is -0.258. The Bertz CT molecular complexity index is 326. The summed E-state index contributed by atoms with van der Waals surface area (Å²) in [5, 5.41) is 10.9. The van der Waals surface area contributed by atoms with Crippen molar-refractivity contribution in [2.75, 3.05) is 23.3 Å². The van der Waals surface area contributed by atoms with Gasteiger partial charge in [0.1, 0.15) is 18.2 Å². The number of carbonyl (C=O) groups is 1. The standard InChI is InChI=1S/C7H10N4O2/c8-4-1-2-5(11-7(4)9)10-3-6(12)13/h1-2H,3,8H2,(H,12,13)(H3,9,10,11). The number of nitrogens with zero attached hydrogens (tertiary/aromatic N) is 1. The molecule has 0 bridgehead atoms.